The number of rotatable bonds is 4. The second-order valence-electron chi connectivity index (χ2n) is 7.30. The van der Waals surface area contributed by atoms with Gasteiger partial charge in [0, 0.05) is 34.1 Å². The topological polar surface area (TPSA) is 38.0 Å². The van der Waals surface area contributed by atoms with Crippen LogP contribution in [0, 0.1) is 0 Å². The van der Waals surface area contributed by atoms with E-state index in [1.54, 1.807) is 0 Å². The maximum Gasteiger partial charge on any atom is 0.0409 e. The van der Waals surface area contributed by atoms with Crippen LogP contribution in [0.25, 0.3) is 0 Å². The van der Waals surface area contributed by atoms with Crippen molar-refractivity contribution in [3.05, 3.63) is 81.4 Å². The Morgan fingerprint density at radius 3 is 2.52 bits per heavy atom. The summed E-state index contributed by atoms with van der Waals surface area (Å²) in [6.45, 7) is 0.779. The summed E-state index contributed by atoms with van der Waals surface area (Å²) in [7, 11) is 0. The first-order valence-corrected chi connectivity index (χ1v) is 9.51. The molecule has 2 aromatic rings. The number of nitrogens with two attached hydrogens (primary N) is 1. The van der Waals surface area contributed by atoms with Gasteiger partial charge in [0.1, 0.15) is 0 Å². The number of halogens is 2. The molecular weight excluding hydrogens is 351 g/mol. The monoisotopic (exact) mass is 372 g/mol. The Bertz CT molecular complexity index is 794. The number of hydrogen-bond acceptors (Lipinski definition) is 2. The Labute approximate surface area is 159 Å². The third-order valence-corrected chi connectivity index (χ3v) is 5.74. The normalized spacial score (nSPS) is 28.2. The molecule has 0 spiro atoms. The number of hydrogen-bond donors (Lipinski definition) is 2. The Morgan fingerprint density at radius 1 is 1.08 bits per heavy atom. The predicted octanol–water partition coefficient (Wildman–Crippen LogP) is 4.71. The highest BCUT2D eigenvalue weighted by molar-refractivity contribution is 6.30. The molecule has 2 aromatic carbocycles. The van der Waals surface area contributed by atoms with Crippen molar-refractivity contribution in [1.82, 2.24) is 5.32 Å². The van der Waals surface area contributed by atoms with E-state index in [4.69, 9.17) is 28.9 Å². The first kappa shape index (κ1) is 17.1. The molecule has 0 radical (unpaired) electrons. The van der Waals surface area contributed by atoms with Crippen molar-refractivity contribution in [2.24, 2.45) is 5.73 Å². The maximum absolute atomic E-state index is 6.97. The van der Waals surface area contributed by atoms with E-state index >= 15 is 0 Å². The first-order chi connectivity index (χ1) is 12.0. The van der Waals surface area contributed by atoms with Gasteiger partial charge in [0.05, 0.1) is 0 Å². The van der Waals surface area contributed by atoms with E-state index in [0.717, 1.165) is 23.0 Å². The lowest BCUT2D eigenvalue weighted by Gasteiger charge is -2.33. The van der Waals surface area contributed by atoms with E-state index < -0.39 is 0 Å². The van der Waals surface area contributed by atoms with Gasteiger partial charge in [-0.05, 0) is 54.7 Å². The smallest absolute Gasteiger partial charge is 0.0409 e. The summed E-state index contributed by atoms with van der Waals surface area (Å²) in [5, 5.41) is 5.16. The van der Waals surface area contributed by atoms with E-state index in [1.165, 1.54) is 29.5 Å². The summed E-state index contributed by atoms with van der Waals surface area (Å²) in [4.78, 5) is 0. The molecule has 1 heterocycles. The first-order valence-electron chi connectivity index (χ1n) is 8.75. The van der Waals surface area contributed by atoms with Gasteiger partial charge in [-0.25, -0.2) is 0 Å². The van der Waals surface area contributed by atoms with Gasteiger partial charge in [0.15, 0.2) is 0 Å². The molecule has 3 N–H and O–H groups in total. The number of nitrogens with one attached hydrogen (secondary N) is 1. The predicted molar refractivity (Wildman–Crippen MR) is 105 cm³/mol. The van der Waals surface area contributed by atoms with Gasteiger partial charge in [-0.15, -0.1) is 0 Å². The summed E-state index contributed by atoms with van der Waals surface area (Å²) in [5.74, 6) is 0.190. The van der Waals surface area contributed by atoms with Crippen LogP contribution in [0.1, 0.15) is 29.9 Å². The summed E-state index contributed by atoms with van der Waals surface area (Å²) in [5.41, 5.74) is 10.6. The molecule has 1 aliphatic carbocycles. The van der Waals surface area contributed by atoms with Crippen LogP contribution in [0.4, 0.5) is 0 Å². The minimum Gasteiger partial charge on any atom is -0.323 e. The number of allylic oxidation sites excluding steroid dienone is 1. The Hall–Kier alpha value is -1.32. The van der Waals surface area contributed by atoms with Crippen LogP contribution in [-0.4, -0.2) is 18.1 Å². The summed E-state index contributed by atoms with van der Waals surface area (Å²) in [6.07, 6.45) is 5.61. The molecular formula is C21H22Cl2N2. The fraction of sp³-hybridized carbons (Fsp3) is 0.333. The zero-order valence-corrected chi connectivity index (χ0v) is 15.5. The van der Waals surface area contributed by atoms with Gasteiger partial charge in [-0.3, -0.25) is 0 Å². The fourth-order valence-electron chi connectivity index (χ4n) is 3.94. The average molecular weight is 373 g/mol. The molecule has 130 valence electrons. The molecule has 2 fully saturated rings. The van der Waals surface area contributed by atoms with Crippen molar-refractivity contribution in [2.75, 3.05) is 6.54 Å². The van der Waals surface area contributed by atoms with Gasteiger partial charge >= 0.3 is 0 Å². The van der Waals surface area contributed by atoms with Crippen molar-refractivity contribution in [3.8, 4) is 0 Å². The van der Waals surface area contributed by atoms with Crippen molar-refractivity contribution < 1.29 is 0 Å². The molecule has 0 bridgehead atoms. The van der Waals surface area contributed by atoms with Crippen molar-refractivity contribution in [3.63, 3.8) is 0 Å². The molecule has 3 atom stereocenters. The zero-order valence-electron chi connectivity index (χ0n) is 14.0. The average Bonchev–Trinajstić information content (AvgIpc) is 3.33. The van der Waals surface area contributed by atoms with Crippen LogP contribution in [-0.2, 0) is 6.42 Å². The van der Waals surface area contributed by atoms with Gasteiger partial charge in [-0.1, -0.05) is 59.1 Å². The molecule has 2 nitrogen and oxygen atoms in total. The van der Waals surface area contributed by atoms with Crippen LogP contribution in [0.2, 0.25) is 10.0 Å². The molecule has 4 heteroatoms. The molecule has 4 rings (SSSR count). The molecule has 1 aliphatic heterocycles. The highest BCUT2D eigenvalue weighted by Crippen LogP contribution is 2.40. The third kappa shape index (κ3) is 3.78. The Kier molecular flexibility index (Phi) is 4.63. The molecule has 25 heavy (non-hydrogen) atoms. The van der Waals surface area contributed by atoms with Crippen LogP contribution in [0.5, 0.6) is 0 Å². The quantitative estimate of drug-likeness (QED) is 0.762. The summed E-state index contributed by atoms with van der Waals surface area (Å²) in [6, 6.07) is 16.4. The van der Waals surface area contributed by atoms with Crippen LogP contribution in [0.15, 0.2) is 60.2 Å². The second-order valence-corrected chi connectivity index (χ2v) is 8.17. The summed E-state index contributed by atoms with van der Waals surface area (Å²) >= 11 is 12.3. The molecule has 1 saturated heterocycles. The SMILES string of the molecule is N[C@]1(Cc2ccc(Cl)cc2)CN[C@@H](C=C2CC2)[C@@H]1c1cccc(Cl)c1. The highest BCUT2D eigenvalue weighted by Gasteiger charge is 2.46. The van der Waals surface area contributed by atoms with E-state index in [2.05, 4.69) is 35.7 Å². The lowest BCUT2D eigenvalue weighted by Crippen LogP contribution is -2.49. The fourth-order valence-corrected chi connectivity index (χ4v) is 4.26. The van der Waals surface area contributed by atoms with Crippen LogP contribution < -0.4 is 11.1 Å². The Balaban J connectivity index is 1.69. The minimum atomic E-state index is -0.366. The highest BCUT2D eigenvalue weighted by atomic mass is 35.5. The zero-order chi connectivity index (χ0) is 17.4. The van der Waals surface area contributed by atoms with Gasteiger partial charge in [0.2, 0.25) is 0 Å². The largest absolute Gasteiger partial charge is 0.323 e. The minimum absolute atomic E-state index is 0.190. The van der Waals surface area contributed by atoms with E-state index in [-0.39, 0.29) is 17.5 Å². The summed E-state index contributed by atoms with van der Waals surface area (Å²) < 4.78 is 0. The van der Waals surface area contributed by atoms with Crippen LogP contribution >= 0.6 is 23.2 Å². The standard InChI is InChI=1S/C21H22Cl2N2/c22-17-8-6-15(7-9-17)12-21(24)13-25-19(10-14-4-5-14)20(21)16-2-1-3-18(23)11-16/h1-3,6-11,19-20,25H,4-5,12-13,24H2/t19-,20-,21+/m0/s1. The second kappa shape index (κ2) is 6.77. The Morgan fingerprint density at radius 2 is 1.84 bits per heavy atom. The molecule has 0 aromatic heterocycles. The van der Waals surface area contributed by atoms with Gasteiger partial charge in [-0.2, -0.15) is 0 Å². The van der Waals surface area contributed by atoms with E-state index in [1.807, 2.05) is 24.3 Å². The maximum atomic E-state index is 6.97. The number of benzene rings is 2. The lowest BCUT2D eigenvalue weighted by molar-refractivity contribution is 0.405. The molecule has 0 unspecified atom stereocenters. The van der Waals surface area contributed by atoms with Crippen molar-refractivity contribution in [1.29, 1.82) is 0 Å². The third-order valence-electron chi connectivity index (χ3n) is 5.25. The van der Waals surface area contributed by atoms with Gasteiger partial charge < -0.3 is 11.1 Å². The van der Waals surface area contributed by atoms with E-state index in [0.29, 0.717) is 0 Å². The molecule has 0 amide bonds. The van der Waals surface area contributed by atoms with Crippen molar-refractivity contribution >= 4 is 23.2 Å². The lowest BCUT2D eigenvalue weighted by atomic mass is 9.75. The molecule has 2 aliphatic rings. The van der Waals surface area contributed by atoms with E-state index in [9.17, 15) is 0 Å². The van der Waals surface area contributed by atoms with Gasteiger partial charge in [0.25, 0.3) is 0 Å². The van der Waals surface area contributed by atoms with Crippen molar-refractivity contribution in [2.45, 2.75) is 36.8 Å². The van der Waals surface area contributed by atoms with Crippen LogP contribution in [0.3, 0.4) is 0 Å². The molecule has 1 saturated carbocycles.